The van der Waals surface area contributed by atoms with Crippen LogP contribution in [0.3, 0.4) is 0 Å². The fourth-order valence-corrected chi connectivity index (χ4v) is 2.67. The Morgan fingerprint density at radius 1 is 1.06 bits per heavy atom. The first-order chi connectivity index (χ1) is 8.19. The van der Waals surface area contributed by atoms with Crippen LogP contribution < -0.4 is 0 Å². The van der Waals surface area contributed by atoms with E-state index < -0.39 is 0 Å². The number of hydrogen-bond acceptors (Lipinski definition) is 2. The molecule has 0 N–H and O–H groups in total. The zero-order valence-electron chi connectivity index (χ0n) is 8.65. The largest absolute Gasteiger partial charge is 0.192 e. The van der Waals surface area contributed by atoms with Crippen LogP contribution >= 0.6 is 46.0 Å². The van der Waals surface area contributed by atoms with Gasteiger partial charge in [-0.05, 0) is 65.1 Å². The Morgan fingerprint density at radius 3 is 2.35 bits per heavy atom. The summed E-state index contributed by atoms with van der Waals surface area (Å²) in [5, 5.41) is 9.40. The Bertz CT molecular complexity index is 575. The fourth-order valence-electron chi connectivity index (χ4n) is 1.29. The predicted molar refractivity (Wildman–Crippen MR) is 79.4 cm³/mol. The molecular formula is C13H7ClINS. The molecule has 4 heteroatoms. The molecule has 0 saturated carbocycles. The van der Waals surface area contributed by atoms with E-state index in [2.05, 4.69) is 52.9 Å². The van der Waals surface area contributed by atoms with Crippen LogP contribution in [0.1, 0.15) is 5.56 Å². The van der Waals surface area contributed by atoms with E-state index in [1.165, 1.54) is 3.57 Å². The van der Waals surface area contributed by atoms with Gasteiger partial charge in [-0.2, -0.15) is 5.26 Å². The van der Waals surface area contributed by atoms with Gasteiger partial charge in [0.1, 0.15) is 6.07 Å². The Balaban J connectivity index is 2.25. The Labute approximate surface area is 123 Å². The van der Waals surface area contributed by atoms with Gasteiger partial charge in [0.15, 0.2) is 0 Å². The summed E-state index contributed by atoms with van der Waals surface area (Å²) in [5.41, 5.74) is 0.516. The topological polar surface area (TPSA) is 23.8 Å². The molecule has 0 amide bonds. The van der Waals surface area contributed by atoms with Gasteiger partial charge < -0.3 is 0 Å². The molecule has 0 fully saturated rings. The van der Waals surface area contributed by atoms with Crippen LogP contribution in [0.15, 0.2) is 52.3 Å². The Hall–Kier alpha value is -0.700. The highest BCUT2D eigenvalue weighted by molar-refractivity contribution is 14.1. The number of rotatable bonds is 2. The summed E-state index contributed by atoms with van der Waals surface area (Å²) < 4.78 is 1.21. The Kier molecular flexibility index (Phi) is 4.32. The lowest BCUT2D eigenvalue weighted by molar-refractivity contribution is 1.37. The van der Waals surface area contributed by atoms with E-state index in [0.717, 1.165) is 9.79 Å². The lowest BCUT2D eigenvalue weighted by Crippen LogP contribution is -1.79. The normalized spacial score (nSPS) is 9.94. The molecule has 17 heavy (non-hydrogen) atoms. The molecular weight excluding hydrogens is 365 g/mol. The highest BCUT2D eigenvalue weighted by Crippen LogP contribution is 2.30. The Morgan fingerprint density at radius 2 is 1.71 bits per heavy atom. The molecule has 0 aliphatic heterocycles. The molecule has 0 spiro atoms. The van der Waals surface area contributed by atoms with Crippen molar-refractivity contribution >= 4 is 46.0 Å². The number of benzene rings is 2. The van der Waals surface area contributed by atoms with E-state index in [1.807, 2.05) is 12.1 Å². The van der Waals surface area contributed by atoms with Crippen molar-refractivity contribution in [2.75, 3.05) is 0 Å². The summed E-state index contributed by atoms with van der Waals surface area (Å²) in [7, 11) is 0. The van der Waals surface area contributed by atoms with Crippen molar-refractivity contribution in [3.05, 3.63) is 56.6 Å². The van der Waals surface area contributed by atoms with Gasteiger partial charge in [0.05, 0.1) is 10.6 Å². The van der Waals surface area contributed by atoms with Crippen LogP contribution in [-0.2, 0) is 0 Å². The standard InChI is InChI=1S/C13H7ClINS/c14-13-6-5-12(7-9(13)8-16)17-11-3-1-10(15)2-4-11/h1-7H. The molecule has 0 bridgehead atoms. The van der Waals surface area contributed by atoms with Gasteiger partial charge in [0.2, 0.25) is 0 Å². The van der Waals surface area contributed by atoms with Crippen LogP contribution in [0.5, 0.6) is 0 Å². The molecule has 0 aliphatic rings. The molecule has 2 aromatic rings. The van der Waals surface area contributed by atoms with Gasteiger partial charge in [-0.15, -0.1) is 0 Å². The average Bonchev–Trinajstić information content (AvgIpc) is 2.34. The minimum Gasteiger partial charge on any atom is -0.192 e. The second kappa shape index (κ2) is 5.76. The molecule has 0 heterocycles. The van der Waals surface area contributed by atoms with Gasteiger partial charge in [-0.25, -0.2) is 0 Å². The average molecular weight is 372 g/mol. The van der Waals surface area contributed by atoms with E-state index in [4.69, 9.17) is 16.9 Å². The van der Waals surface area contributed by atoms with Crippen LogP contribution in [0.25, 0.3) is 0 Å². The van der Waals surface area contributed by atoms with E-state index >= 15 is 0 Å². The third-order valence-electron chi connectivity index (χ3n) is 2.11. The summed E-state index contributed by atoms with van der Waals surface area (Å²) >= 11 is 9.78. The van der Waals surface area contributed by atoms with Crippen LogP contribution in [0.2, 0.25) is 5.02 Å². The predicted octanol–water partition coefficient (Wildman–Crippen LogP) is 4.97. The second-order valence-electron chi connectivity index (χ2n) is 3.31. The molecule has 84 valence electrons. The van der Waals surface area contributed by atoms with E-state index in [9.17, 15) is 0 Å². The van der Waals surface area contributed by atoms with Crippen molar-refractivity contribution in [1.82, 2.24) is 0 Å². The smallest absolute Gasteiger partial charge is 0.101 e. The maximum absolute atomic E-state index is 8.90. The summed E-state index contributed by atoms with van der Waals surface area (Å²) in [5.74, 6) is 0. The lowest BCUT2D eigenvalue weighted by atomic mass is 10.2. The highest BCUT2D eigenvalue weighted by atomic mass is 127. The zero-order valence-corrected chi connectivity index (χ0v) is 12.4. The molecule has 0 aromatic heterocycles. The van der Waals surface area contributed by atoms with E-state index in [-0.39, 0.29) is 0 Å². The summed E-state index contributed by atoms with van der Waals surface area (Å²) in [4.78, 5) is 2.17. The molecule has 0 radical (unpaired) electrons. The van der Waals surface area contributed by atoms with Crippen molar-refractivity contribution in [2.45, 2.75) is 9.79 Å². The molecule has 2 aromatic carbocycles. The molecule has 0 saturated heterocycles. The zero-order chi connectivity index (χ0) is 12.3. The van der Waals surface area contributed by atoms with Gasteiger partial charge in [-0.1, -0.05) is 23.4 Å². The lowest BCUT2D eigenvalue weighted by Gasteiger charge is -2.03. The SMILES string of the molecule is N#Cc1cc(Sc2ccc(I)cc2)ccc1Cl. The maximum atomic E-state index is 8.90. The first-order valence-corrected chi connectivity index (χ1v) is 7.09. The van der Waals surface area contributed by atoms with Crippen LogP contribution in [-0.4, -0.2) is 0 Å². The first kappa shape index (κ1) is 12.7. The van der Waals surface area contributed by atoms with Crippen LogP contribution in [0, 0.1) is 14.9 Å². The molecule has 1 nitrogen and oxygen atoms in total. The summed E-state index contributed by atoms with van der Waals surface area (Å²) in [6.07, 6.45) is 0. The second-order valence-corrected chi connectivity index (χ2v) is 6.11. The molecule has 0 aliphatic carbocycles. The third-order valence-corrected chi connectivity index (χ3v) is 4.15. The third kappa shape index (κ3) is 3.38. The summed E-state index contributed by atoms with van der Waals surface area (Å²) in [6.45, 7) is 0. The van der Waals surface area contributed by atoms with Gasteiger partial charge in [0, 0.05) is 13.4 Å². The van der Waals surface area contributed by atoms with Crippen molar-refractivity contribution < 1.29 is 0 Å². The van der Waals surface area contributed by atoms with Crippen LogP contribution in [0.4, 0.5) is 0 Å². The minimum atomic E-state index is 0.500. The molecule has 2 rings (SSSR count). The monoisotopic (exact) mass is 371 g/mol. The minimum absolute atomic E-state index is 0.500. The van der Waals surface area contributed by atoms with Gasteiger partial charge in [0.25, 0.3) is 0 Å². The molecule has 0 unspecified atom stereocenters. The number of nitriles is 1. The quantitative estimate of drug-likeness (QED) is 0.696. The van der Waals surface area contributed by atoms with Crippen molar-refractivity contribution in [3.63, 3.8) is 0 Å². The van der Waals surface area contributed by atoms with Crippen molar-refractivity contribution in [2.24, 2.45) is 0 Å². The molecule has 0 atom stereocenters. The van der Waals surface area contributed by atoms with Gasteiger partial charge >= 0.3 is 0 Å². The van der Waals surface area contributed by atoms with E-state index in [1.54, 1.807) is 17.8 Å². The number of hydrogen-bond donors (Lipinski definition) is 0. The van der Waals surface area contributed by atoms with E-state index in [0.29, 0.717) is 10.6 Å². The number of nitrogens with zero attached hydrogens (tertiary/aromatic N) is 1. The summed E-state index contributed by atoms with van der Waals surface area (Å²) in [6, 6.07) is 15.8. The fraction of sp³-hybridized carbons (Fsp3) is 0. The number of halogens is 2. The van der Waals surface area contributed by atoms with Gasteiger partial charge in [-0.3, -0.25) is 0 Å². The maximum Gasteiger partial charge on any atom is 0.101 e. The highest BCUT2D eigenvalue weighted by Gasteiger charge is 2.02. The van der Waals surface area contributed by atoms with Crippen molar-refractivity contribution in [1.29, 1.82) is 5.26 Å². The first-order valence-electron chi connectivity index (χ1n) is 4.82. The van der Waals surface area contributed by atoms with Crippen molar-refractivity contribution in [3.8, 4) is 6.07 Å².